The van der Waals surface area contributed by atoms with Gasteiger partial charge in [-0.1, -0.05) is 54.1 Å². The van der Waals surface area contributed by atoms with Gasteiger partial charge in [0.05, 0.1) is 5.56 Å². The number of benzene rings is 3. The van der Waals surface area contributed by atoms with E-state index in [9.17, 15) is 0 Å². The highest BCUT2D eigenvalue weighted by Crippen LogP contribution is 2.25. The summed E-state index contributed by atoms with van der Waals surface area (Å²) in [7, 11) is 0. The predicted molar refractivity (Wildman–Crippen MR) is 84.4 cm³/mol. The third-order valence-electron chi connectivity index (χ3n) is 3.33. The Balaban J connectivity index is 1.89. The number of ether oxygens (including phenoxy) is 1. The summed E-state index contributed by atoms with van der Waals surface area (Å²) in [6.45, 7) is 0.414. The fourth-order valence-corrected chi connectivity index (χ4v) is 2.46. The molecule has 21 heavy (non-hydrogen) atoms. The van der Waals surface area contributed by atoms with E-state index in [1.807, 2.05) is 24.3 Å². The standard InChI is InChI=1S/C18H12ClNO/c19-16-8-9-18(15(10-16)11-20)21-12-14-6-3-5-13-4-1-2-7-17(13)14/h1-10H,12H2. The van der Waals surface area contributed by atoms with Crippen LogP contribution in [0.25, 0.3) is 10.8 Å². The van der Waals surface area contributed by atoms with E-state index < -0.39 is 0 Å². The largest absolute Gasteiger partial charge is 0.487 e. The molecule has 0 saturated carbocycles. The van der Waals surface area contributed by atoms with Gasteiger partial charge in [0.15, 0.2) is 0 Å². The first kappa shape index (κ1) is 13.5. The van der Waals surface area contributed by atoms with Crippen molar-refractivity contribution in [3.8, 4) is 11.8 Å². The molecule has 3 aromatic rings. The van der Waals surface area contributed by atoms with Gasteiger partial charge in [-0.2, -0.15) is 5.26 Å². The molecule has 0 atom stereocenters. The van der Waals surface area contributed by atoms with Crippen LogP contribution in [-0.4, -0.2) is 0 Å². The minimum Gasteiger partial charge on any atom is -0.487 e. The number of nitrogens with zero attached hydrogens (tertiary/aromatic N) is 1. The molecule has 0 aromatic heterocycles. The fourth-order valence-electron chi connectivity index (χ4n) is 2.29. The van der Waals surface area contributed by atoms with E-state index in [1.165, 1.54) is 5.39 Å². The summed E-state index contributed by atoms with van der Waals surface area (Å²) >= 11 is 5.88. The second-order valence-electron chi connectivity index (χ2n) is 4.68. The quantitative estimate of drug-likeness (QED) is 0.685. The Labute approximate surface area is 128 Å². The zero-order chi connectivity index (χ0) is 14.7. The van der Waals surface area contributed by atoms with Crippen LogP contribution in [0.15, 0.2) is 60.7 Å². The van der Waals surface area contributed by atoms with Crippen molar-refractivity contribution in [3.05, 3.63) is 76.8 Å². The summed E-state index contributed by atoms with van der Waals surface area (Å²) < 4.78 is 5.80. The number of halogens is 1. The SMILES string of the molecule is N#Cc1cc(Cl)ccc1OCc1cccc2ccccc12. The Morgan fingerprint density at radius 1 is 1.00 bits per heavy atom. The molecule has 0 N–H and O–H groups in total. The summed E-state index contributed by atoms with van der Waals surface area (Å²) in [5.41, 5.74) is 1.54. The van der Waals surface area contributed by atoms with Gasteiger partial charge in [0.25, 0.3) is 0 Å². The Morgan fingerprint density at radius 2 is 1.81 bits per heavy atom. The minimum absolute atomic E-state index is 0.414. The van der Waals surface area contributed by atoms with Gasteiger partial charge in [0, 0.05) is 5.02 Å². The molecule has 0 bridgehead atoms. The zero-order valence-corrected chi connectivity index (χ0v) is 12.0. The average Bonchev–Trinajstić information content (AvgIpc) is 2.53. The third kappa shape index (κ3) is 2.84. The van der Waals surface area contributed by atoms with E-state index in [-0.39, 0.29) is 0 Å². The number of nitriles is 1. The average molecular weight is 294 g/mol. The number of hydrogen-bond donors (Lipinski definition) is 0. The van der Waals surface area contributed by atoms with Crippen LogP contribution in [0.1, 0.15) is 11.1 Å². The lowest BCUT2D eigenvalue weighted by Gasteiger charge is -2.10. The first-order valence-electron chi connectivity index (χ1n) is 6.57. The van der Waals surface area contributed by atoms with Crippen LogP contribution in [0.4, 0.5) is 0 Å². The van der Waals surface area contributed by atoms with Crippen molar-refractivity contribution < 1.29 is 4.74 Å². The summed E-state index contributed by atoms with van der Waals surface area (Å²) in [6, 6.07) is 21.4. The van der Waals surface area contributed by atoms with E-state index in [0.717, 1.165) is 10.9 Å². The van der Waals surface area contributed by atoms with Crippen LogP contribution in [0, 0.1) is 11.3 Å². The van der Waals surface area contributed by atoms with Crippen molar-refractivity contribution in [2.75, 3.05) is 0 Å². The molecular weight excluding hydrogens is 282 g/mol. The predicted octanol–water partition coefficient (Wildman–Crippen LogP) is 4.94. The van der Waals surface area contributed by atoms with Crippen LogP contribution in [0.2, 0.25) is 5.02 Å². The zero-order valence-electron chi connectivity index (χ0n) is 11.2. The smallest absolute Gasteiger partial charge is 0.137 e. The van der Waals surface area contributed by atoms with E-state index in [1.54, 1.807) is 18.2 Å². The second kappa shape index (κ2) is 5.87. The molecule has 3 rings (SSSR count). The lowest BCUT2D eigenvalue weighted by atomic mass is 10.1. The molecule has 0 radical (unpaired) electrons. The molecule has 3 heteroatoms. The van der Waals surface area contributed by atoms with Crippen LogP contribution in [0.5, 0.6) is 5.75 Å². The van der Waals surface area contributed by atoms with Gasteiger partial charge in [-0.3, -0.25) is 0 Å². The molecule has 0 aliphatic rings. The molecule has 0 aliphatic carbocycles. The Hall–Kier alpha value is -2.50. The van der Waals surface area contributed by atoms with Crippen LogP contribution < -0.4 is 4.74 Å². The first-order valence-corrected chi connectivity index (χ1v) is 6.95. The maximum Gasteiger partial charge on any atom is 0.137 e. The van der Waals surface area contributed by atoms with Crippen molar-refractivity contribution in [1.82, 2.24) is 0 Å². The minimum atomic E-state index is 0.414. The maximum absolute atomic E-state index is 9.12. The van der Waals surface area contributed by atoms with E-state index in [2.05, 4.69) is 24.3 Å². The lowest BCUT2D eigenvalue weighted by molar-refractivity contribution is 0.307. The highest BCUT2D eigenvalue weighted by atomic mass is 35.5. The molecule has 0 spiro atoms. The second-order valence-corrected chi connectivity index (χ2v) is 5.12. The van der Waals surface area contributed by atoms with E-state index in [0.29, 0.717) is 22.9 Å². The molecule has 0 unspecified atom stereocenters. The van der Waals surface area contributed by atoms with Crippen molar-refractivity contribution in [2.45, 2.75) is 6.61 Å². The van der Waals surface area contributed by atoms with Gasteiger partial charge >= 0.3 is 0 Å². The number of rotatable bonds is 3. The summed E-state index contributed by atoms with van der Waals surface area (Å²) in [6.07, 6.45) is 0. The van der Waals surface area contributed by atoms with Crippen LogP contribution in [0.3, 0.4) is 0 Å². The summed E-state index contributed by atoms with van der Waals surface area (Å²) in [4.78, 5) is 0. The molecule has 2 nitrogen and oxygen atoms in total. The Morgan fingerprint density at radius 3 is 2.67 bits per heavy atom. The van der Waals surface area contributed by atoms with Gasteiger partial charge in [-0.25, -0.2) is 0 Å². The van der Waals surface area contributed by atoms with E-state index >= 15 is 0 Å². The fraction of sp³-hybridized carbons (Fsp3) is 0.0556. The maximum atomic E-state index is 9.12. The topological polar surface area (TPSA) is 33.0 Å². The van der Waals surface area contributed by atoms with Gasteiger partial charge in [-0.05, 0) is 34.5 Å². The van der Waals surface area contributed by atoms with Crippen molar-refractivity contribution in [3.63, 3.8) is 0 Å². The summed E-state index contributed by atoms with van der Waals surface area (Å²) in [5.74, 6) is 0.551. The third-order valence-corrected chi connectivity index (χ3v) is 3.56. The van der Waals surface area contributed by atoms with Crippen LogP contribution in [-0.2, 0) is 6.61 Å². The molecule has 102 valence electrons. The molecular formula is C18H12ClNO. The van der Waals surface area contributed by atoms with E-state index in [4.69, 9.17) is 21.6 Å². The molecule has 0 heterocycles. The lowest BCUT2D eigenvalue weighted by Crippen LogP contribution is -1.98. The molecule has 3 aromatic carbocycles. The first-order chi connectivity index (χ1) is 10.3. The van der Waals surface area contributed by atoms with Crippen LogP contribution >= 0.6 is 11.6 Å². The number of fused-ring (bicyclic) bond motifs is 1. The molecule has 0 aliphatic heterocycles. The van der Waals surface area contributed by atoms with Gasteiger partial charge in [-0.15, -0.1) is 0 Å². The Bertz CT molecular complexity index is 831. The van der Waals surface area contributed by atoms with Gasteiger partial charge in [0.2, 0.25) is 0 Å². The molecule has 0 fully saturated rings. The normalized spacial score (nSPS) is 10.3. The molecule has 0 saturated heterocycles. The monoisotopic (exact) mass is 293 g/mol. The van der Waals surface area contributed by atoms with Gasteiger partial charge in [0.1, 0.15) is 18.4 Å². The molecule has 0 amide bonds. The van der Waals surface area contributed by atoms with Crippen molar-refractivity contribution in [1.29, 1.82) is 5.26 Å². The van der Waals surface area contributed by atoms with Crippen molar-refractivity contribution >= 4 is 22.4 Å². The highest BCUT2D eigenvalue weighted by molar-refractivity contribution is 6.30. The van der Waals surface area contributed by atoms with Gasteiger partial charge < -0.3 is 4.74 Å². The Kier molecular flexibility index (Phi) is 3.77. The van der Waals surface area contributed by atoms with Crippen molar-refractivity contribution in [2.24, 2.45) is 0 Å². The summed E-state index contributed by atoms with van der Waals surface area (Å²) in [5, 5.41) is 12.0. The highest BCUT2D eigenvalue weighted by Gasteiger charge is 2.06. The number of hydrogen-bond acceptors (Lipinski definition) is 2.